The molecule has 5 rings (SSSR count). The Morgan fingerprint density at radius 2 is 2.00 bits per heavy atom. The molecule has 3 atom stereocenters. The van der Waals surface area contributed by atoms with Crippen LogP contribution in [0.5, 0.6) is 5.75 Å². The quantitative estimate of drug-likeness (QED) is 0.369. The van der Waals surface area contributed by atoms with Crippen molar-refractivity contribution in [2.75, 3.05) is 13.2 Å². The van der Waals surface area contributed by atoms with Crippen LogP contribution in [0, 0.1) is 24.6 Å². The Labute approximate surface area is 214 Å². The lowest BCUT2D eigenvalue weighted by Gasteiger charge is -2.34. The molecule has 0 radical (unpaired) electrons. The number of nitrogens with zero attached hydrogens (tertiary/aromatic N) is 2. The number of carbonyl (C=O) groups excluding carboxylic acids is 2. The maximum absolute atomic E-state index is 14.3. The number of halogens is 1. The fourth-order valence-electron chi connectivity index (χ4n) is 5.16. The lowest BCUT2D eigenvalue weighted by Crippen LogP contribution is -2.48. The van der Waals surface area contributed by atoms with Gasteiger partial charge in [-0.3, -0.25) is 9.59 Å². The molecule has 2 aliphatic rings. The number of aromatic nitrogens is 3. The van der Waals surface area contributed by atoms with Gasteiger partial charge >= 0.3 is 0 Å². The number of nitrogens with one attached hydrogen (secondary N) is 3. The molecule has 2 saturated carbocycles. The molecule has 0 spiro atoms. The Bertz CT molecular complexity index is 1320. The molecule has 0 aliphatic heterocycles. The van der Waals surface area contributed by atoms with Crippen LogP contribution in [0.1, 0.15) is 55.1 Å². The minimum absolute atomic E-state index is 0.0273. The average molecular weight is 510 g/mol. The van der Waals surface area contributed by atoms with Crippen molar-refractivity contribution in [2.24, 2.45) is 11.8 Å². The normalized spacial score (nSPS) is 21.6. The number of hydrogen-bond acceptors (Lipinski definition) is 6. The van der Waals surface area contributed by atoms with E-state index in [4.69, 9.17) is 9.84 Å². The summed E-state index contributed by atoms with van der Waals surface area (Å²) in [5.74, 6) is 0.202. The first-order chi connectivity index (χ1) is 17.8. The van der Waals surface area contributed by atoms with Crippen LogP contribution in [0.15, 0.2) is 24.5 Å². The lowest BCUT2D eigenvalue weighted by atomic mass is 9.82. The number of aryl methyl sites for hydroxylation is 1. The number of hydrogen-bond donors (Lipinski definition) is 4. The van der Waals surface area contributed by atoms with Crippen molar-refractivity contribution in [3.63, 3.8) is 0 Å². The molecule has 2 amide bonds. The van der Waals surface area contributed by atoms with Crippen molar-refractivity contribution in [1.29, 1.82) is 0 Å². The standard InChI is InChI=1S/C27H32FN5O4/c1-14-9-18(6-7-20(14)33-22(35)11-34)32-27(36)23-15(2)31-26-24(29-13-30-25(23)26)19-10-17(28)5-8-21(19)37-12-16-3-4-16/h5,8,10,13-14,16,18,20,31,34H,3-4,6-7,9,11-12H2,1-2H3,(H,32,36)(H,33,35)/t14-,18+,20+/m1/s1. The van der Waals surface area contributed by atoms with Crippen molar-refractivity contribution in [2.45, 2.75) is 58.0 Å². The Hall–Kier alpha value is -3.53. The number of H-pyrrole nitrogens is 1. The first-order valence-corrected chi connectivity index (χ1v) is 12.8. The Balaban J connectivity index is 1.38. The lowest BCUT2D eigenvalue weighted by molar-refractivity contribution is -0.125. The van der Waals surface area contributed by atoms with Gasteiger partial charge in [0.15, 0.2) is 0 Å². The smallest absolute Gasteiger partial charge is 0.255 e. The Kier molecular flexibility index (Phi) is 7.10. The molecule has 9 nitrogen and oxygen atoms in total. The van der Waals surface area contributed by atoms with Gasteiger partial charge in [0.25, 0.3) is 5.91 Å². The molecule has 2 heterocycles. The van der Waals surface area contributed by atoms with Crippen molar-refractivity contribution < 1.29 is 23.8 Å². The summed E-state index contributed by atoms with van der Waals surface area (Å²) in [6, 6.07) is 4.30. The van der Waals surface area contributed by atoms with E-state index >= 15 is 0 Å². The Morgan fingerprint density at radius 3 is 2.73 bits per heavy atom. The van der Waals surface area contributed by atoms with E-state index in [1.807, 2.05) is 6.92 Å². The summed E-state index contributed by atoms with van der Waals surface area (Å²) >= 11 is 0. The topological polar surface area (TPSA) is 129 Å². The molecule has 0 saturated heterocycles. The minimum atomic E-state index is -0.531. The summed E-state index contributed by atoms with van der Waals surface area (Å²) in [5, 5.41) is 15.0. The zero-order valence-corrected chi connectivity index (χ0v) is 21.0. The number of fused-ring (bicyclic) bond motifs is 1. The van der Waals surface area contributed by atoms with E-state index in [2.05, 4.69) is 25.6 Å². The van der Waals surface area contributed by atoms with Crippen LogP contribution in [-0.4, -0.2) is 57.2 Å². The van der Waals surface area contributed by atoms with E-state index in [9.17, 15) is 14.0 Å². The molecule has 1 aromatic carbocycles. The Morgan fingerprint density at radius 1 is 1.19 bits per heavy atom. The van der Waals surface area contributed by atoms with Crippen molar-refractivity contribution in [3.8, 4) is 17.0 Å². The molecule has 0 bridgehead atoms. The van der Waals surface area contributed by atoms with Crippen LogP contribution in [-0.2, 0) is 4.79 Å². The summed E-state index contributed by atoms with van der Waals surface area (Å²) < 4.78 is 20.3. The van der Waals surface area contributed by atoms with Crippen LogP contribution in [0.25, 0.3) is 22.3 Å². The van der Waals surface area contributed by atoms with Gasteiger partial charge in [-0.2, -0.15) is 0 Å². The highest BCUT2D eigenvalue weighted by molar-refractivity contribution is 6.09. The second kappa shape index (κ2) is 10.5. The van der Waals surface area contributed by atoms with Crippen LogP contribution in [0.3, 0.4) is 0 Å². The van der Waals surface area contributed by atoms with Crippen molar-refractivity contribution in [1.82, 2.24) is 25.6 Å². The maximum Gasteiger partial charge on any atom is 0.255 e. The van der Waals surface area contributed by atoms with Gasteiger partial charge < -0.3 is 25.5 Å². The number of amides is 2. The highest BCUT2D eigenvalue weighted by atomic mass is 19.1. The van der Waals surface area contributed by atoms with Gasteiger partial charge in [0, 0.05) is 23.3 Å². The van der Waals surface area contributed by atoms with Crippen LogP contribution < -0.4 is 15.4 Å². The molecule has 196 valence electrons. The summed E-state index contributed by atoms with van der Waals surface area (Å²) in [7, 11) is 0. The summed E-state index contributed by atoms with van der Waals surface area (Å²) in [6.07, 6.45) is 5.78. The molecule has 37 heavy (non-hydrogen) atoms. The highest BCUT2D eigenvalue weighted by Gasteiger charge is 2.31. The van der Waals surface area contributed by atoms with Gasteiger partial charge in [-0.1, -0.05) is 6.92 Å². The van der Waals surface area contributed by atoms with Crippen molar-refractivity contribution in [3.05, 3.63) is 41.6 Å². The largest absolute Gasteiger partial charge is 0.493 e. The third-order valence-corrected chi connectivity index (χ3v) is 7.36. The van der Waals surface area contributed by atoms with Gasteiger partial charge in [0.05, 0.1) is 17.7 Å². The van der Waals surface area contributed by atoms with E-state index in [1.54, 1.807) is 13.0 Å². The number of benzene rings is 1. The SMILES string of the molecule is Cc1[nH]c2c(-c3cc(F)ccc3OCC3CC3)ncnc2c1C(=O)N[C@H]1CC[C@H](NC(=O)CO)[C@H](C)C1. The highest BCUT2D eigenvalue weighted by Crippen LogP contribution is 2.37. The molecular weight excluding hydrogens is 477 g/mol. The average Bonchev–Trinajstić information content (AvgIpc) is 3.64. The zero-order valence-electron chi connectivity index (χ0n) is 21.0. The van der Waals surface area contributed by atoms with E-state index in [1.165, 1.54) is 18.5 Å². The molecule has 2 aliphatic carbocycles. The number of aliphatic hydroxyl groups is 1. The molecule has 0 unspecified atom stereocenters. The van der Waals surface area contributed by atoms with Gasteiger partial charge in [0.1, 0.15) is 35.7 Å². The predicted molar refractivity (Wildman–Crippen MR) is 136 cm³/mol. The number of carbonyl (C=O) groups is 2. The van der Waals surface area contributed by atoms with Crippen molar-refractivity contribution >= 4 is 22.8 Å². The number of aromatic amines is 1. The third kappa shape index (κ3) is 5.44. The fraction of sp³-hybridized carbons (Fsp3) is 0.481. The molecule has 10 heteroatoms. The van der Waals surface area contributed by atoms with Crippen LogP contribution in [0.2, 0.25) is 0 Å². The van der Waals surface area contributed by atoms with Gasteiger partial charge in [0.2, 0.25) is 5.91 Å². The first kappa shape index (κ1) is 25.1. The third-order valence-electron chi connectivity index (χ3n) is 7.36. The van der Waals surface area contributed by atoms with E-state index in [-0.39, 0.29) is 29.8 Å². The first-order valence-electron chi connectivity index (χ1n) is 12.8. The van der Waals surface area contributed by atoms with Gasteiger partial charge in [-0.15, -0.1) is 0 Å². The van der Waals surface area contributed by atoms with Crippen LogP contribution >= 0.6 is 0 Å². The van der Waals surface area contributed by atoms with Crippen LogP contribution in [0.4, 0.5) is 4.39 Å². The van der Waals surface area contributed by atoms with Gasteiger partial charge in [-0.05, 0) is 69.1 Å². The second-order valence-electron chi connectivity index (χ2n) is 10.3. The number of aliphatic hydroxyl groups excluding tert-OH is 1. The molecular formula is C27H32FN5O4. The second-order valence-corrected chi connectivity index (χ2v) is 10.3. The number of ether oxygens (including phenoxy) is 1. The molecule has 2 aromatic heterocycles. The zero-order chi connectivity index (χ0) is 26.1. The van der Waals surface area contributed by atoms with E-state index in [0.29, 0.717) is 71.1 Å². The summed E-state index contributed by atoms with van der Waals surface area (Å²) in [6.45, 7) is 3.88. The monoisotopic (exact) mass is 509 g/mol. The molecule has 2 fully saturated rings. The summed E-state index contributed by atoms with van der Waals surface area (Å²) in [4.78, 5) is 37.0. The minimum Gasteiger partial charge on any atom is -0.493 e. The maximum atomic E-state index is 14.3. The fourth-order valence-corrected chi connectivity index (χ4v) is 5.16. The molecule has 3 aromatic rings. The summed E-state index contributed by atoms with van der Waals surface area (Å²) in [5.41, 5.74) is 3.08. The van der Waals surface area contributed by atoms with E-state index < -0.39 is 12.4 Å². The molecule has 4 N–H and O–H groups in total. The van der Waals surface area contributed by atoms with E-state index in [0.717, 1.165) is 12.8 Å². The predicted octanol–water partition coefficient (Wildman–Crippen LogP) is 3.26. The van der Waals surface area contributed by atoms with Gasteiger partial charge in [-0.25, -0.2) is 14.4 Å². The number of rotatable bonds is 8.